The predicted molar refractivity (Wildman–Crippen MR) is 76.2 cm³/mol. The van der Waals surface area contributed by atoms with Crippen LogP contribution in [0.2, 0.25) is 0 Å². The van der Waals surface area contributed by atoms with Gasteiger partial charge in [0.1, 0.15) is 5.82 Å². The maximum Gasteiger partial charge on any atom is 0.239 e. The quantitative estimate of drug-likeness (QED) is 0.694. The lowest BCUT2D eigenvalue weighted by atomic mass is 10.3. The van der Waals surface area contributed by atoms with Crippen LogP contribution >= 0.6 is 0 Å². The first-order chi connectivity index (χ1) is 9.02. The molecule has 1 heterocycles. The molecule has 1 rings (SSSR count). The lowest BCUT2D eigenvalue weighted by Gasteiger charge is -2.11. The molecule has 0 saturated heterocycles. The van der Waals surface area contributed by atoms with Gasteiger partial charge in [0.15, 0.2) is 0 Å². The molecule has 0 radical (unpaired) electrons. The van der Waals surface area contributed by atoms with Crippen molar-refractivity contribution in [2.24, 2.45) is 0 Å². The molecule has 0 aromatic carbocycles. The van der Waals surface area contributed by atoms with Crippen molar-refractivity contribution >= 4 is 17.4 Å². The van der Waals surface area contributed by atoms with E-state index in [1.54, 1.807) is 12.1 Å². The zero-order chi connectivity index (χ0) is 14.3. The van der Waals surface area contributed by atoms with Crippen LogP contribution in [0.4, 0.5) is 11.5 Å². The fraction of sp³-hybridized carbons (Fsp3) is 0.538. The number of aromatic nitrogens is 1. The highest BCUT2D eigenvalue weighted by Crippen LogP contribution is 2.20. The first-order valence-electron chi connectivity index (χ1n) is 6.45. The molecule has 106 valence electrons. The number of nitrogens with one attached hydrogen (secondary N) is 2. The maximum atomic E-state index is 11.5. The molecular formula is C13H22N4O2. The zero-order valence-corrected chi connectivity index (χ0v) is 11.7. The van der Waals surface area contributed by atoms with Crippen molar-refractivity contribution in [3.63, 3.8) is 0 Å². The van der Waals surface area contributed by atoms with E-state index in [1.807, 2.05) is 20.8 Å². The number of rotatable bonds is 7. The number of pyridine rings is 1. The Morgan fingerprint density at radius 3 is 2.84 bits per heavy atom. The molecule has 0 aliphatic rings. The number of hydrogen-bond donors (Lipinski definition) is 3. The van der Waals surface area contributed by atoms with E-state index in [0.29, 0.717) is 24.0 Å². The molecule has 1 aromatic heterocycles. The minimum atomic E-state index is -0.0790. The number of hydrogen-bond acceptors (Lipinski definition) is 5. The molecule has 0 atom stereocenters. The Morgan fingerprint density at radius 1 is 1.47 bits per heavy atom. The molecule has 0 fully saturated rings. The van der Waals surface area contributed by atoms with E-state index < -0.39 is 0 Å². The van der Waals surface area contributed by atoms with Gasteiger partial charge in [-0.05, 0) is 32.4 Å². The second kappa shape index (κ2) is 7.45. The summed E-state index contributed by atoms with van der Waals surface area (Å²) in [6, 6.07) is 3.55. The molecule has 0 aliphatic heterocycles. The van der Waals surface area contributed by atoms with Gasteiger partial charge in [-0.25, -0.2) is 0 Å². The fourth-order valence-corrected chi connectivity index (χ4v) is 1.41. The number of amides is 1. The van der Waals surface area contributed by atoms with Crippen LogP contribution in [0, 0.1) is 0 Å². The van der Waals surface area contributed by atoms with E-state index in [4.69, 9.17) is 10.5 Å². The summed E-state index contributed by atoms with van der Waals surface area (Å²) >= 11 is 0. The van der Waals surface area contributed by atoms with Crippen molar-refractivity contribution in [1.82, 2.24) is 10.3 Å². The molecule has 6 nitrogen and oxygen atoms in total. The average molecular weight is 266 g/mol. The minimum absolute atomic E-state index is 0.0790. The van der Waals surface area contributed by atoms with Crippen LogP contribution in [0.15, 0.2) is 12.1 Å². The summed E-state index contributed by atoms with van der Waals surface area (Å²) in [4.78, 5) is 15.7. The zero-order valence-electron chi connectivity index (χ0n) is 11.7. The molecule has 0 unspecified atom stereocenters. The lowest BCUT2D eigenvalue weighted by Crippen LogP contribution is -2.34. The number of carbonyl (C=O) groups is 1. The van der Waals surface area contributed by atoms with Gasteiger partial charge in [0.25, 0.3) is 0 Å². The summed E-state index contributed by atoms with van der Waals surface area (Å²) in [6.07, 6.45) is 0.884. The summed E-state index contributed by atoms with van der Waals surface area (Å²) in [5, 5.41) is 5.72. The summed E-state index contributed by atoms with van der Waals surface area (Å²) in [7, 11) is 0. The summed E-state index contributed by atoms with van der Waals surface area (Å²) in [5.41, 5.74) is 6.25. The van der Waals surface area contributed by atoms with E-state index in [2.05, 4.69) is 15.6 Å². The van der Waals surface area contributed by atoms with Gasteiger partial charge in [-0.1, -0.05) is 6.92 Å². The third-order valence-corrected chi connectivity index (χ3v) is 2.21. The number of ether oxygens (including phenoxy) is 1. The maximum absolute atomic E-state index is 11.5. The van der Waals surface area contributed by atoms with Crippen molar-refractivity contribution in [1.29, 1.82) is 0 Å². The van der Waals surface area contributed by atoms with Crippen molar-refractivity contribution in [3.8, 4) is 5.88 Å². The van der Waals surface area contributed by atoms with E-state index in [-0.39, 0.29) is 18.5 Å². The fourth-order valence-electron chi connectivity index (χ4n) is 1.41. The second-order valence-electron chi connectivity index (χ2n) is 4.52. The van der Waals surface area contributed by atoms with Gasteiger partial charge in [-0.15, -0.1) is 0 Å². The Bertz CT molecular complexity index is 421. The third-order valence-electron chi connectivity index (χ3n) is 2.21. The van der Waals surface area contributed by atoms with Gasteiger partial charge in [-0.3, -0.25) is 4.79 Å². The van der Waals surface area contributed by atoms with Gasteiger partial charge in [0, 0.05) is 6.04 Å². The van der Waals surface area contributed by atoms with E-state index in [1.165, 1.54) is 0 Å². The number of nitrogen functional groups attached to an aromatic ring is 1. The molecule has 0 aliphatic carbocycles. The predicted octanol–water partition coefficient (Wildman–Crippen LogP) is 1.39. The van der Waals surface area contributed by atoms with Gasteiger partial charge < -0.3 is 21.1 Å². The normalized spacial score (nSPS) is 10.3. The molecule has 0 saturated carbocycles. The van der Waals surface area contributed by atoms with Crippen LogP contribution in [0.1, 0.15) is 27.2 Å². The smallest absolute Gasteiger partial charge is 0.239 e. The first kappa shape index (κ1) is 15.1. The molecule has 0 spiro atoms. The molecule has 1 aromatic rings. The van der Waals surface area contributed by atoms with E-state index >= 15 is 0 Å². The van der Waals surface area contributed by atoms with Crippen LogP contribution in [0.3, 0.4) is 0 Å². The highest BCUT2D eigenvalue weighted by molar-refractivity contribution is 5.80. The molecule has 0 bridgehead atoms. The number of nitrogens with zero attached hydrogens (tertiary/aromatic N) is 1. The average Bonchev–Trinajstić information content (AvgIpc) is 2.35. The Labute approximate surface area is 113 Å². The summed E-state index contributed by atoms with van der Waals surface area (Å²) < 4.78 is 5.42. The van der Waals surface area contributed by atoms with Crippen molar-refractivity contribution in [2.75, 3.05) is 24.2 Å². The minimum Gasteiger partial charge on any atom is -0.476 e. The highest BCUT2D eigenvalue weighted by atomic mass is 16.5. The van der Waals surface area contributed by atoms with Crippen LogP contribution in [-0.2, 0) is 4.79 Å². The molecule has 4 N–H and O–H groups in total. The number of carbonyl (C=O) groups excluding carboxylic acids is 1. The van der Waals surface area contributed by atoms with Gasteiger partial charge in [-0.2, -0.15) is 4.98 Å². The highest BCUT2D eigenvalue weighted by Gasteiger charge is 2.06. The Hall–Kier alpha value is -1.98. The van der Waals surface area contributed by atoms with E-state index in [9.17, 15) is 4.79 Å². The molecular weight excluding hydrogens is 244 g/mol. The number of nitrogens with two attached hydrogens (primary N) is 1. The van der Waals surface area contributed by atoms with Crippen LogP contribution in [0.5, 0.6) is 5.88 Å². The van der Waals surface area contributed by atoms with Gasteiger partial charge in [0.2, 0.25) is 11.8 Å². The van der Waals surface area contributed by atoms with Crippen LogP contribution in [-0.4, -0.2) is 30.1 Å². The van der Waals surface area contributed by atoms with Crippen molar-refractivity contribution < 1.29 is 9.53 Å². The molecule has 1 amide bonds. The standard InChI is InChI=1S/C13H22N4O2/c1-4-7-19-13-10(14)5-6-11(17-13)15-8-12(18)16-9(2)3/h5-6,9H,4,7-8,14H2,1-3H3,(H,15,17)(H,16,18). The largest absolute Gasteiger partial charge is 0.476 e. The Balaban J connectivity index is 2.56. The Morgan fingerprint density at radius 2 is 2.21 bits per heavy atom. The summed E-state index contributed by atoms with van der Waals surface area (Å²) in [6.45, 7) is 6.57. The van der Waals surface area contributed by atoms with Crippen LogP contribution < -0.4 is 21.1 Å². The van der Waals surface area contributed by atoms with Crippen molar-refractivity contribution in [2.45, 2.75) is 33.2 Å². The topological polar surface area (TPSA) is 89.3 Å². The SMILES string of the molecule is CCCOc1nc(NCC(=O)NC(C)C)ccc1N. The molecule has 19 heavy (non-hydrogen) atoms. The van der Waals surface area contributed by atoms with Crippen LogP contribution in [0.25, 0.3) is 0 Å². The lowest BCUT2D eigenvalue weighted by molar-refractivity contribution is -0.119. The van der Waals surface area contributed by atoms with Gasteiger partial charge >= 0.3 is 0 Å². The first-order valence-corrected chi connectivity index (χ1v) is 6.45. The van der Waals surface area contributed by atoms with Gasteiger partial charge in [0.05, 0.1) is 18.8 Å². The number of anilines is 2. The van der Waals surface area contributed by atoms with E-state index in [0.717, 1.165) is 6.42 Å². The second-order valence-corrected chi connectivity index (χ2v) is 4.52. The Kier molecular flexibility index (Phi) is 5.92. The third kappa shape index (κ3) is 5.46. The van der Waals surface area contributed by atoms with Crippen molar-refractivity contribution in [3.05, 3.63) is 12.1 Å². The molecule has 6 heteroatoms. The monoisotopic (exact) mass is 266 g/mol. The summed E-state index contributed by atoms with van der Waals surface area (Å²) in [5.74, 6) is 0.889.